The van der Waals surface area contributed by atoms with Crippen LogP contribution in [0.25, 0.3) is 0 Å². The van der Waals surface area contributed by atoms with Crippen LogP contribution in [-0.4, -0.2) is 73.5 Å². The van der Waals surface area contributed by atoms with E-state index in [1.165, 1.54) is 17.0 Å². The van der Waals surface area contributed by atoms with Gasteiger partial charge in [-0.25, -0.2) is 0 Å². The number of hydrogen-bond donors (Lipinski definition) is 2. The number of quaternary nitrogens is 1. The van der Waals surface area contributed by atoms with Gasteiger partial charge in [0, 0.05) is 18.5 Å². The molecule has 2 fully saturated rings. The monoisotopic (exact) mass is 509 g/mol. The molecule has 2 N–H and O–H groups in total. The fourth-order valence-electron chi connectivity index (χ4n) is 5.08. The number of aryl methyl sites for hydroxylation is 1. The minimum Gasteiger partial charge on any atom is -0.508 e. The molecule has 37 heavy (non-hydrogen) atoms. The molecule has 2 unspecified atom stereocenters. The summed E-state index contributed by atoms with van der Waals surface area (Å²) in [4.78, 5) is 43.1. The van der Waals surface area contributed by atoms with E-state index in [-0.39, 0.29) is 11.5 Å². The molecule has 1 amide bonds. The van der Waals surface area contributed by atoms with E-state index in [2.05, 4.69) is 13.8 Å². The molecular formula is C29H37N2O6+. The van der Waals surface area contributed by atoms with Gasteiger partial charge in [-0.2, -0.15) is 0 Å². The van der Waals surface area contributed by atoms with Gasteiger partial charge >= 0.3 is 0 Å². The number of carbonyl (C=O) groups excluding carboxylic acids is 3. The molecule has 0 radical (unpaired) electrons. The first-order chi connectivity index (χ1) is 17.8. The zero-order valence-electron chi connectivity index (χ0n) is 21.9. The number of aromatic hydroxyl groups is 1. The number of benzene rings is 2. The summed E-state index contributed by atoms with van der Waals surface area (Å²) in [6.07, 6.45) is 0.713. The van der Waals surface area contributed by atoms with Crippen molar-refractivity contribution >= 4 is 17.5 Å². The van der Waals surface area contributed by atoms with Gasteiger partial charge in [0.2, 0.25) is 5.78 Å². The maximum Gasteiger partial charge on any atom is 0.291 e. The topological polar surface area (TPSA) is 97.6 Å². The number of ether oxygens (including phenoxy) is 2. The van der Waals surface area contributed by atoms with Crippen LogP contribution in [0.4, 0.5) is 0 Å². The second-order valence-electron chi connectivity index (χ2n) is 10.4. The van der Waals surface area contributed by atoms with E-state index >= 15 is 0 Å². The van der Waals surface area contributed by atoms with Crippen molar-refractivity contribution in [1.82, 2.24) is 4.90 Å². The van der Waals surface area contributed by atoms with Crippen LogP contribution in [0.3, 0.4) is 0 Å². The number of morpholine rings is 1. The second-order valence-corrected chi connectivity index (χ2v) is 10.4. The Morgan fingerprint density at radius 1 is 1.14 bits per heavy atom. The van der Waals surface area contributed by atoms with Crippen molar-refractivity contribution in [1.29, 1.82) is 0 Å². The number of hydrogen-bond acceptors (Lipinski definition) is 6. The molecule has 2 aliphatic rings. The number of Topliss-reactive ketones (excluding diaryl/α,β-unsaturated/α-hetero) is 2. The predicted molar refractivity (Wildman–Crippen MR) is 138 cm³/mol. The molecule has 2 saturated heterocycles. The Bertz CT molecular complexity index is 1120. The maximum absolute atomic E-state index is 13.7. The van der Waals surface area contributed by atoms with Crippen LogP contribution in [0.5, 0.6) is 11.5 Å². The van der Waals surface area contributed by atoms with Crippen molar-refractivity contribution in [3.05, 3.63) is 59.2 Å². The quantitative estimate of drug-likeness (QED) is 0.289. The summed E-state index contributed by atoms with van der Waals surface area (Å²) in [5.41, 5.74) is 1.83. The molecule has 0 saturated carbocycles. The van der Waals surface area contributed by atoms with Gasteiger partial charge in [-0.3, -0.25) is 14.4 Å². The number of likely N-dealkylation sites (tertiary alicyclic amines) is 1. The molecule has 2 atom stereocenters. The average Bonchev–Trinajstić information content (AvgIpc) is 3.13. The number of nitrogens with zero attached hydrogens (tertiary/aromatic N) is 1. The van der Waals surface area contributed by atoms with Crippen LogP contribution in [0.1, 0.15) is 47.8 Å². The highest BCUT2D eigenvalue weighted by Crippen LogP contribution is 2.39. The van der Waals surface area contributed by atoms with Crippen molar-refractivity contribution in [2.75, 3.05) is 46.0 Å². The van der Waals surface area contributed by atoms with E-state index in [4.69, 9.17) is 9.47 Å². The van der Waals surface area contributed by atoms with Crippen LogP contribution in [-0.2, 0) is 14.3 Å². The van der Waals surface area contributed by atoms with E-state index in [9.17, 15) is 19.5 Å². The molecule has 4 rings (SSSR count). The van der Waals surface area contributed by atoms with Gasteiger partial charge in [0.05, 0.1) is 32.4 Å². The Morgan fingerprint density at radius 2 is 1.84 bits per heavy atom. The average molecular weight is 510 g/mol. The lowest BCUT2D eigenvalue weighted by molar-refractivity contribution is -0.908. The molecule has 0 bridgehead atoms. The SMILES string of the molecule is Cc1cc(C(=O)C2C(=O)C(=O)N(CCC[NH+]3CCOCC3)C2c2ccc(O)cc2)ccc1OCC(C)C. The number of ketones is 2. The molecule has 2 aromatic rings. The molecule has 2 heterocycles. The Hall–Kier alpha value is -3.23. The Kier molecular flexibility index (Phi) is 8.61. The fourth-order valence-corrected chi connectivity index (χ4v) is 5.08. The lowest BCUT2D eigenvalue weighted by Crippen LogP contribution is -3.14. The van der Waals surface area contributed by atoms with Gasteiger partial charge in [0.15, 0.2) is 5.78 Å². The first kappa shape index (κ1) is 26.8. The van der Waals surface area contributed by atoms with Crippen molar-refractivity contribution in [3.63, 3.8) is 0 Å². The molecule has 8 nitrogen and oxygen atoms in total. The zero-order chi connectivity index (χ0) is 26.5. The van der Waals surface area contributed by atoms with Gasteiger partial charge in [-0.1, -0.05) is 26.0 Å². The van der Waals surface area contributed by atoms with Crippen molar-refractivity contribution in [3.8, 4) is 11.5 Å². The summed E-state index contributed by atoms with van der Waals surface area (Å²) < 4.78 is 11.3. The number of amides is 1. The summed E-state index contributed by atoms with van der Waals surface area (Å²) in [6, 6.07) is 10.8. The first-order valence-corrected chi connectivity index (χ1v) is 13.1. The van der Waals surface area contributed by atoms with Gasteiger partial charge in [-0.15, -0.1) is 0 Å². The lowest BCUT2D eigenvalue weighted by Gasteiger charge is -2.29. The number of nitrogens with one attached hydrogen (secondary N) is 1. The van der Waals surface area contributed by atoms with E-state index in [0.29, 0.717) is 42.4 Å². The number of phenols is 1. The predicted octanol–water partition coefficient (Wildman–Crippen LogP) is 1.99. The summed E-state index contributed by atoms with van der Waals surface area (Å²) in [6.45, 7) is 11.1. The normalized spacial score (nSPS) is 20.6. The highest BCUT2D eigenvalue weighted by Gasteiger charge is 2.51. The lowest BCUT2D eigenvalue weighted by atomic mass is 9.86. The van der Waals surface area contributed by atoms with Gasteiger partial charge < -0.3 is 24.4 Å². The Balaban J connectivity index is 1.58. The molecule has 0 spiro atoms. The largest absolute Gasteiger partial charge is 0.508 e. The standard InChI is InChI=1S/C29H36N2O6/c1-19(2)18-37-24-10-7-22(17-20(24)3)27(33)25-26(21-5-8-23(32)9-6-21)31(29(35)28(25)34)12-4-11-30-13-15-36-16-14-30/h5-10,17,19,25-26,32H,4,11-16,18H2,1-3H3/p+1. The van der Waals surface area contributed by atoms with Gasteiger partial charge in [-0.05, 0) is 54.3 Å². The smallest absolute Gasteiger partial charge is 0.291 e. The van der Waals surface area contributed by atoms with Crippen molar-refractivity contribution in [2.45, 2.75) is 33.2 Å². The zero-order valence-corrected chi connectivity index (χ0v) is 21.9. The molecule has 2 aliphatic heterocycles. The van der Waals surface area contributed by atoms with E-state index in [1.54, 1.807) is 35.2 Å². The Labute approximate surface area is 218 Å². The summed E-state index contributed by atoms with van der Waals surface area (Å²) in [5.74, 6) is -1.68. The van der Waals surface area contributed by atoms with Gasteiger partial charge in [0.1, 0.15) is 30.5 Å². The number of rotatable bonds is 10. The van der Waals surface area contributed by atoms with Crippen molar-refractivity contribution < 1.29 is 33.9 Å². The highest BCUT2D eigenvalue weighted by atomic mass is 16.5. The molecule has 0 aliphatic carbocycles. The third-order valence-electron chi connectivity index (χ3n) is 7.08. The maximum atomic E-state index is 13.7. The molecule has 198 valence electrons. The second kappa shape index (κ2) is 11.9. The Morgan fingerprint density at radius 3 is 2.49 bits per heavy atom. The molecule has 8 heteroatoms. The van der Waals surface area contributed by atoms with E-state index in [0.717, 1.165) is 38.4 Å². The van der Waals surface area contributed by atoms with Crippen LogP contribution < -0.4 is 9.64 Å². The summed E-state index contributed by atoms with van der Waals surface area (Å²) >= 11 is 0. The molecular weight excluding hydrogens is 472 g/mol. The highest BCUT2D eigenvalue weighted by molar-refractivity contribution is 6.44. The first-order valence-electron chi connectivity index (χ1n) is 13.1. The third kappa shape index (κ3) is 6.19. The van der Waals surface area contributed by atoms with Crippen LogP contribution in [0.2, 0.25) is 0 Å². The van der Waals surface area contributed by atoms with Crippen LogP contribution in [0.15, 0.2) is 42.5 Å². The van der Waals surface area contributed by atoms with Crippen LogP contribution in [0, 0.1) is 18.8 Å². The minimum atomic E-state index is -1.14. The summed E-state index contributed by atoms with van der Waals surface area (Å²) in [5, 5.41) is 9.80. The summed E-state index contributed by atoms with van der Waals surface area (Å²) in [7, 11) is 0. The van der Waals surface area contributed by atoms with Gasteiger partial charge in [0.25, 0.3) is 5.91 Å². The number of carbonyl (C=O) groups is 3. The van der Waals surface area contributed by atoms with E-state index < -0.39 is 23.7 Å². The fraction of sp³-hybridized carbons (Fsp3) is 0.483. The molecule has 2 aromatic carbocycles. The third-order valence-corrected chi connectivity index (χ3v) is 7.08. The van der Waals surface area contributed by atoms with Crippen molar-refractivity contribution in [2.24, 2.45) is 11.8 Å². The van der Waals surface area contributed by atoms with E-state index in [1.807, 2.05) is 6.92 Å². The minimum absolute atomic E-state index is 0.0809. The number of phenolic OH excluding ortho intramolecular Hbond substituents is 1. The molecule has 0 aromatic heterocycles. The van der Waals surface area contributed by atoms with Crippen LogP contribution >= 0.6 is 0 Å².